The van der Waals surface area contributed by atoms with E-state index in [0.29, 0.717) is 12.2 Å². The molecule has 5 nitrogen and oxygen atoms in total. The summed E-state index contributed by atoms with van der Waals surface area (Å²) in [5, 5.41) is 24.4. The summed E-state index contributed by atoms with van der Waals surface area (Å²) in [7, 11) is 1.85. The summed E-state index contributed by atoms with van der Waals surface area (Å²) in [4.78, 5) is 12.0. The molecule has 2 rings (SSSR count). The number of hydrogen-bond donors (Lipinski definition) is 4. The highest BCUT2D eigenvalue weighted by Gasteiger charge is 2.09. The Morgan fingerprint density at radius 2 is 1.90 bits per heavy atom. The predicted molar refractivity (Wildman–Crippen MR) is 76.9 cm³/mol. The molecule has 0 fully saturated rings. The van der Waals surface area contributed by atoms with Crippen LogP contribution in [0.5, 0.6) is 11.5 Å². The number of phenolic OH excluding ortho intramolecular Hbond substituents is 2. The van der Waals surface area contributed by atoms with E-state index in [1.54, 1.807) is 6.07 Å². The molecule has 4 N–H and O–H groups in total. The van der Waals surface area contributed by atoms with Crippen LogP contribution in [0.15, 0.2) is 42.5 Å². The fourth-order valence-electron chi connectivity index (χ4n) is 1.83. The molecule has 0 spiro atoms. The second-order valence-electron chi connectivity index (χ2n) is 4.39. The first kappa shape index (κ1) is 13.9. The van der Waals surface area contributed by atoms with E-state index >= 15 is 0 Å². The van der Waals surface area contributed by atoms with Gasteiger partial charge < -0.3 is 20.8 Å². The van der Waals surface area contributed by atoms with E-state index < -0.39 is 0 Å². The summed E-state index contributed by atoms with van der Waals surface area (Å²) in [6.45, 7) is 0.712. The number of anilines is 1. The van der Waals surface area contributed by atoms with Gasteiger partial charge in [0, 0.05) is 17.8 Å². The fraction of sp³-hybridized carbons (Fsp3) is 0.133. The van der Waals surface area contributed by atoms with Crippen LogP contribution in [0.4, 0.5) is 5.69 Å². The summed E-state index contributed by atoms with van der Waals surface area (Å²) in [5.41, 5.74) is 2.01. The van der Waals surface area contributed by atoms with E-state index in [-0.39, 0.29) is 23.0 Å². The SMILES string of the molecule is CNCc1cccc(NC(=O)c2ccc(O)c(O)c2)c1. The number of benzene rings is 2. The quantitative estimate of drug-likeness (QED) is 0.642. The van der Waals surface area contributed by atoms with Gasteiger partial charge in [-0.2, -0.15) is 0 Å². The minimum atomic E-state index is -0.345. The molecule has 2 aromatic rings. The van der Waals surface area contributed by atoms with E-state index in [1.165, 1.54) is 18.2 Å². The lowest BCUT2D eigenvalue weighted by atomic mass is 10.1. The molecule has 0 aromatic heterocycles. The Balaban J connectivity index is 2.14. The fourth-order valence-corrected chi connectivity index (χ4v) is 1.83. The van der Waals surface area contributed by atoms with E-state index in [1.807, 2.05) is 25.2 Å². The van der Waals surface area contributed by atoms with Crippen molar-refractivity contribution >= 4 is 11.6 Å². The highest BCUT2D eigenvalue weighted by molar-refractivity contribution is 6.04. The van der Waals surface area contributed by atoms with Crippen LogP contribution < -0.4 is 10.6 Å². The molecular weight excluding hydrogens is 256 g/mol. The van der Waals surface area contributed by atoms with Gasteiger partial charge in [-0.3, -0.25) is 4.79 Å². The smallest absolute Gasteiger partial charge is 0.255 e. The van der Waals surface area contributed by atoms with Crippen LogP contribution in [0.1, 0.15) is 15.9 Å². The molecule has 0 radical (unpaired) electrons. The van der Waals surface area contributed by atoms with Gasteiger partial charge >= 0.3 is 0 Å². The Kier molecular flexibility index (Phi) is 4.22. The zero-order valence-corrected chi connectivity index (χ0v) is 11.1. The molecule has 0 bridgehead atoms. The van der Waals surface area contributed by atoms with Gasteiger partial charge in [0.15, 0.2) is 11.5 Å². The molecule has 0 atom stereocenters. The standard InChI is InChI=1S/C15H16N2O3/c1-16-9-10-3-2-4-12(7-10)17-15(20)11-5-6-13(18)14(19)8-11/h2-8,16,18-19H,9H2,1H3,(H,17,20). The van der Waals surface area contributed by atoms with Gasteiger partial charge in [-0.25, -0.2) is 0 Å². The molecule has 1 amide bonds. The van der Waals surface area contributed by atoms with Crippen molar-refractivity contribution in [3.63, 3.8) is 0 Å². The predicted octanol–water partition coefficient (Wildman–Crippen LogP) is 2.07. The Morgan fingerprint density at radius 3 is 2.60 bits per heavy atom. The average Bonchev–Trinajstić information content (AvgIpc) is 2.42. The third kappa shape index (κ3) is 3.27. The molecule has 104 valence electrons. The van der Waals surface area contributed by atoms with Crippen LogP contribution in [-0.4, -0.2) is 23.2 Å². The molecule has 0 saturated heterocycles. The number of amides is 1. The summed E-state index contributed by atoms with van der Waals surface area (Å²) in [6.07, 6.45) is 0. The third-order valence-electron chi connectivity index (χ3n) is 2.80. The minimum absolute atomic E-state index is 0.252. The molecular formula is C15H16N2O3. The summed E-state index contributed by atoms with van der Waals surface area (Å²) in [5.74, 6) is -0.916. The topological polar surface area (TPSA) is 81.6 Å². The minimum Gasteiger partial charge on any atom is -0.504 e. The van der Waals surface area contributed by atoms with Crippen LogP contribution in [-0.2, 0) is 6.54 Å². The van der Waals surface area contributed by atoms with Crippen molar-refractivity contribution in [2.24, 2.45) is 0 Å². The van der Waals surface area contributed by atoms with Crippen molar-refractivity contribution in [2.45, 2.75) is 6.54 Å². The van der Waals surface area contributed by atoms with Crippen molar-refractivity contribution in [3.8, 4) is 11.5 Å². The number of phenols is 2. The van der Waals surface area contributed by atoms with Gasteiger partial charge in [-0.1, -0.05) is 12.1 Å². The molecule has 0 unspecified atom stereocenters. The maximum atomic E-state index is 12.0. The number of nitrogens with one attached hydrogen (secondary N) is 2. The van der Waals surface area contributed by atoms with Crippen molar-refractivity contribution in [1.29, 1.82) is 0 Å². The van der Waals surface area contributed by atoms with Crippen molar-refractivity contribution in [2.75, 3.05) is 12.4 Å². The van der Waals surface area contributed by atoms with E-state index in [4.69, 9.17) is 0 Å². The maximum Gasteiger partial charge on any atom is 0.255 e. The number of carbonyl (C=O) groups excluding carboxylic acids is 1. The molecule has 20 heavy (non-hydrogen) atoms. The molecule has 0 aliphatic heterocycles. The monoisotopic (exact) mass is 272 g/mol. The van der Waals surface area contributed by atoms with Crippen LogP contribution >= 0.6 is 0 Å². The van der Waals surface area contributed by atoms with Crippen molar-refractivity contribution in [1.82, 2.24) is 5.32 Å². The molecule has 5 heteroatoms. The zero-order valence-electron chi connectivity index (χ0n) is 11.1. The highest BCUT2D eigenvalue weighted by atomic mass is 16.3. The first-order valence-corrected chi connectivity index (χ1v) is 6.17. The van der Waals surface area contributed by atoms with Crippen molar-refractivity contribution < 1.29 is 15.0 Å². The zero-order chi connectivity index (χ0) is 14.5. The second kappa shape index (κ2) is 6.08. The summed E-state index contributed by atoms with van der Waals surface area (Å²) in [6, 6.07) is 11.4. The Morgan fingerprint density at radius 1 is 1.10 bits per heavy atom. The maximum absolute atomic E-state index is 12.0. The Labute approximate surface area is 116 Å². The average molecular weight is 272 g/mol. The lowest BCUT2D eigenvalue weighted by Crippen LogP contribution is -2.12. The third-order valence-corrected chi connectivity index (χ3v) is 2.80. The van der Waals surface area contributed by atoms with Gasteiger partial charge in [0.1, 0.15) is 0 Å². The van der Waals surface area contributed by atoms with Gasteiger partial charge in [-0.15, -0.1) is 0 Å². The van der Waals surface area contributed by atoms with Crippen LogP contribution in [0.25, 0.3) is 0 Å². The summed E-state index contributed by atoms with van der Waals surface area (Å²) >= 11 is 0. The second-order valence-corrected chi connectivity index (χ2v) is 4.39. The van der Waals surface area contributed by atoms with Crippen LogP contribution in [0.2, 0.25) is 0 Å². The van der Waals surface area contributed by atoms with E-state index in [0.717, 1.165) is 5.56 Å². The first-order valence-electron chi connectivity index (χ1n) is 6.17. The summed E-state index contributed by atoms with van der Waals surface area (Å²) < 4.78 is 0. The lowest BCUT2D eigenvalue weighted by molar-refractivity contribution is 0.102. The lowest BCUT2D eigenvalue weighted by Gasteiger charge is -2.08. The van der Waals surface area contributed by atoms with Gasteiger partial charge in [0.25, 0.3) is 5.91 Å². The normalized spacial score (nSPS) is 10.2. The van der Waals surface area contributed by atoms with Crippen LogP contribution in [0.3, 0.4) is 0 Å². The molecule has 0 saturated carbocycles. The number of aromatic hydroxyl groups is 2. The van der Waals surface area contributed by atoms with Gasteiger partial charge in [0.2, 0.25) is 0 Å². The first-order chi connectivity index (χ1) is 9.60. The molecule has 2 aromatic carbocycles. The largest absolute Gasteiger partial charge is 0.504 e. The van der Waals surface area contributed by atoms with Gasteiger partial charge in [-0.05, 0) is 42.9 Å². The van der Waals surface area contributed by atoms with E-state index in [2.05, 4.69) is 10.6 Å². The number of carbonyl (C=O) groups is 1. The molecule has 0 heterocycles. The Hall–Kier alpha value is -2.53. The van der Waals surface area contributed by atoms with Gasteiger partial charge in [0.05, 0.1) is 0 Å². The van der Waals surface area contributed by atoms with Crippen LogP contribution in [0, 0.1) is 0 Å². The molecule has 0 aliphatic rings. The van der Waals surface area contributed by atoms with E-state index in [9.17, 15) is 15.0 Å². The Bertz CT molecular complexity index is 626. The highest BCUT2D eigenvalue weighted by Crippen LogP contribution is 2.25. The number of hydrogen-bond acceptors (Lipinski definition) is 4. The number of rotatable bonds is 4. The molecule has 0 aliphatic carbocycles. The van der Waals surface area contributed by atoms with Crippen molar-refractivity contribution in [3.05, 3.63) is 53.6 Å².